The first-order chi connectivity index (χ1) is 9.24. The zero-order valence-electron chi connectivity index (χ0n) is 10.9. The molecular weight excluding hydrogens is 304 g/mol. The molecule has 3 rings (SSSR count). The molecule has 1 aliphatic heterocycles. The van der Waals surface area contributed by atoms with E-state index in [0.717, 1.165) is 24.0 Å². The van der Waals surface area contributed by atoms with Gasteiger partial charge in [0.15, 0.2) is 0 Å². The smallest absolute Gasteiger partial charge is 0.223 e. The first-order valence-corrected chi connectivity index (χ1v) is 7.80. The molecule has 1 saturated heterocycles. The molecule has 0 aromatic heterocycles. The number of halogens is 1. The van der Waals surface area contributed by atoms with Crippen molar-refractivity contribution in [2.45, 2.75) is 31.2 Å². The lowest BCUT2D eigenvalue weighted by Gasteiger charge is -2.11. The maximum atomic E-state index is 12.1. The second kappa shape index (κ2) is 5.63. The lowest BCUT2D eigenvalue weighted by atomic mass is 10.1. The van der Waals surface area contributed by atoms with Gasteiger partial charge >= 0.3 is 0 Å². The Kier molecular flexibility index (Phi) is 3.89. The molecule has 1 heterocycles. The van der Waals surface area contributed by atoms with Gasteiger partial charge in [-0.25, -0.2) is 0 Å². The van der Waals surface area contributed by atoms with Crippen LogP contribution in [0.2, 0.25) is 0 Å². The number of amides is 1. The molecule has 2 aliphatic rings. The highest BCUT2D eigenvalue weighted by Gasteiger charge is 2.43. The molecule has 102 valence electrons. The number of nitrogens with one attached hydrogen (secondary N) is 2. The molecule has 3 atom stereocenters. The number of carbonyl (C=O) groups excluding carboxylic acids is 1. The molecule has 1 amide bonds. The fourth-order valence-electron chi connectivity index (χ4n) is 2.88. The van der Waals surface area contributed by atoms with Crippen LogP contribution in [0.5, 0.6) is 0 Å². The number of hydrogen-bond acceptors (Lipinski definition) is 2. The summed E-state index contributed by atoms with van der Waals surface area (Å²) < 4.78 is 1.09. The van der Waals surface area contributed by atoms with E-state index in [1.54, 1.807) is 0 Å². The maximum Gasteiger partial charge on any atom is 0.223 e. The topological polar surface area (TPSA) is 41.1 Å². The van der Waals surface area contributed by atoms with E-state index in [0.29, 0.717) is 12.0 Å². The van der Waals surface area contributed by atoms with Crippen molar-refractivity contribution in [3.05, 3.63) is 34.3 Å². The van der Waals surface area contributed by atoms with Crippen molar-refractivity contribution >= 4 is 21.8 Å². The summed E-state index contributed by atoms with van der Waals surface area (Å²) in [5, 5.41) is 6.49. The average Bonchev–Trinajstić information content (AvgIpc) is 3.04. The van der Waals surface area contributed by atoms with Crippen molar-refractivity contribution in [3.8, 4) is 0 Å². The minimum atomic E-state index is 0.177. The van der Waals surface area contributed by atoms with Gasteiger partial charge in [-0.2, -0.15) is 0 Å². The van der Waals surface area contributed by atoms with Gasteiger partial charge in [-0.3, -0.25) is 4.79 Å². The van der Waals surface area contributed by atoms with Gasteiger partial charge in [0.05, 0.1) is 0 Å². The summed E-state index contributed by atoms with van der Waals surface area (Å²) in [6.07, 6.45) is 3.39. The molecule has 4 heteroatoms. The van der Waals surface area contributed by atoms with E-state index in [1.807, 2.05) is 12.1 Å². The van der Waals surface area contributed by atoms with Crippen molar-refractivity contribution in [2.24, 2.45) is 5.92 Å². The third kappa shape index (κ3) is 3.18. The van der Waals surface area contributed by atoms with Gasteiger partial charge in [-0.05, 0) is 49.4 Å². The van der Waals surface area contributed by atoms with Crippen LogP contribution in [0.3, 0.4) is 0 Å². The largest absolute Gasteiger partial charge is 0.354 e. The van der Waals surface area contributed by atoms with Gasteiger partial charge in [0.1, 0.15) is 0 Å². The lowest BCUT2D eigenvalue weighted by molar-refractivity contribution is -0.122. The predicted molar refractivity (Wildman–Crippen MR) is 79.0 cm³/mol. The zero-order chi connectivity index (χ0) is 13.2. The minimum Gasteiger partial charge on any atom is -0.354 e. The van der Waals surface area contributed by atoms with Crippen LogP contribution >= 0.6 is 15.9 Å². The van der Waals surface area contributed by atoms with Crippen molar-refractivity contribution in [1.82, 2.24) is 10.6 Å². The van der Waals surface area contributed by atoms with Gasteiger partial charge in [-0.15, -0.1) is 0 Å². The highest BCUT2D eigenvalue weighted by atomic mass is 79.9. The number of hydrogen-bond donors (Lipinski definition) is 2. The molecule has 0 spiro atoms. The number of carbonyl (C=O) groups is 1. The lowest BCUT2D eigenvalue weighted by Crippen LogP contribution is -2.37. The zero-order valence-corrected chi connectivity index (χ0v) is 12.4. The molecule has 1 aliphatic carbocycles. The summed E-state index contributed by atoms with van der Waals surface area (Å²) in [5.74, 6) is 0.809. The summed E-state index contributed by atoms with van der Waals surface area (Å²) in [4.78, 5) is 12.1. The molecule has 1 aromatic rings. The fourth-order valence-corrected chi connectivity index (χ4v) is 3.29. The third-order valence-electron chi connectivity index (χ3n) is 4.09. The van der Waals surface area contributed by atoms with Crippen LogP contribution in [-0.2, 0) is 4.79 Å². The Morgan fingerprint density at radius 2 is 2.37 bits per heavy atom. The van der Waals surface area contributed by atoms with Gasteiger partial charge in [0, 0.05) is 23.0 Å². The fraction of sp³-hybridized carbons (Fsp3) is 0.533. The molecule has 3 unspecified atom stereocenters. The predicted octanol–water partition coefficient (Wildman–Crippen LogP) is 2.42. The highest BCUT2D eigenvalue weighted by Crippen LogP contribution is 2.47. The summed E-state index contributed by atoms with van der Waals surface area (Å²) in [7, 11) is 0. The van der Waals surface area contributed by atoms with Crippen molar-refractivity contribution in [1.29, 1.82) is 0 Å². The van der Waals surface area contributed by atoms with Crippen LogP contribution in [-0.4, -0.2) is 25.0 Å². The van der Waals surface area contributed by atoms with Crippen LogP contribution in [0, 0.1) is 5.92 Å². The van der Waals surface area contributed by atoms with Gasteiger partial charge in [0.25, 0.3) is 0 Å². The van der Waals surface area contributed by atoms with E-state index in [1.165, 1.54) is 18.4 Å². The van der Waals surface area contributed by atoms with Crippen LogP contribution in [0.4, 0.5) is 0 Å². The Hall–Kier alpha value is -0.870. The summed E-state index contributed by atoms with van der Waals surface area (Å²) in [6.45, 7) is 1.87. The first kappa shape index (κ1) is 13.1. The highest BCUT2D eigenvalue weighted by molar-refractivity contribution is 9.10. The monoisotopic (exact) mass is 322 g/mol. The molecule has 3 nitrogen and oxygen atoms in total. The minimum absolute atomic E-state index is 0.177. The van der Waals surface area contributed by atoms with Gasteiger partial charge < -0.3 is 10.6 Å². The molecular formula is C15H19BrN2O. The number of rotatable bonds is 4. The SMILES string of the molecule is O=C(NCC1CCCN1)C1CC1c1cccc(Br)c1. The Balaban J connectivity index is 1.50. The number of benzene rings is 1. The standard InChI is InChI=1S/C15H19BrN2O/c16-11-4-1-3-10(7-11)13-8-14(13)15(19)18-9-12-5-2-6-17-12/h1,3-4,7,12-14,17H,2,5-6,8-9H2,(H,18,19). The Labute approximate surface area is 122 Å². The van der Waals surface area contributed by atoms with E-state index >= 15 is 0 Å². The Morgan fingerprint density at radius 3 is 3.11 bits per heavy atom. The quantitative estimate of drug-likeness (QED) is 0.893. The molecule has 1 aromatic carbocycles. The van der Waals surface area contributed by atoms with Crippen LogP contribution < -0.4 is 10.6 Å². The van der Waals surface area contributed by atoms with Crippen LogP contribution in [0.25, 0.3) is 0 Å². The molecule has 2 N–H and O–H groups in total. The van der Waals surface area contributed by atoms with E-state index < -0.39 is 0 Å². The second-order valence-corrected chi connectivity index (χ2v) is 6.46. The summed E-state index contributed by atoms with van der Waals surface area (Å²) in [5.41, 5.74) is 1.27. The first-order valence-electron chi connectivity index (χ1n) is 7.00. The molecule has 19 heavy (non-hydrogen) atoms. The molecule has 1 saturated carbocycles. The third-order valence-corrected chi connectivity index (χ3v) is 4.58. The van der Waals surface area contributed by atoms with Crippen molar-refractivity contribution in [2.75, 3.05) is 13.1 Å². The van der Waals surface area contributed by atoms with E-state index in [9.17, 15) is 4.79 Å². The molecule has 0 bridgehead atoms. The Bertz CT molecular complexity index is 471. The molecule has 0 radical (unpaired) electrons. The van der Waals surface area contributed by atoms with E-state index in [4.69, 9.17) is 0 Å². The van der Waals surface area contributed by atoms with Crippen LogP contribution in [0.15, 0.2) is 28.7 Å². The van der Waals surface area contributed by atoms with Gasteiger partial charge in [0.2, 0.25) is 5.91 Å². The van der Waals surface area contributed by atoms with Gasteiger partial charge in [-0.1, -0.05) is 28.1 Å². The normalized spacial score (nSPS) is 29.2. The van der Waals surface area contributed by atoms with Crippen molar-refractivity contribution in [3.63, 3.8) is 0 Å². The maximum absolute atomic E-state index is 12.1. The van der Waals surface area contributed by atoms with E-state index in [2.05, 4.69) is 38.7 Å². The summed E-state index contributed by atoms with van der Waals surface area (Å²) >= 11 is 3.48. The summed E-state index contributed by atoms with van der Waals surface area (Å²) in [6, 6.07) is 8.77. The van der Waals surface area contributed by atoms with Crippen molar-refractivity contribution < 1.29 is 4.79 Å². The Morgan fingerprint density at radius 1 is 1.47 bits per heavy atom. The molecule has 2 fully saturated rings. The average molecular weight is 323 g/mol. The second-order valence-electron chi connectivity index (χ2n) is 5.54. The van der Waals surface area contributed by atoms with E-state index in [-0.39, 0.29) is 11.8 Å². The van der Waals surface area contributed by atoms with Crippen LogP contribution in [0.1, 0.15) is 30.7 Å².